The van der Waals surface area contributed by atoms with Crippen LogP contribution >= 0.6 is 15.9 Å². The maximum absolute atomic E-state index is 11.3. The summed E-state index contributed by atoms with van der Waals surface area (Å²) in [4.78, 5) is 11.3. The molecule has 0 fully saturated rings. The Labute approximate surface area is 126 Å². The minimum absolute atomic E-state index is 0.359. The fraction of sp³-hybridized carbons (Fsp3) is 0.133. The van der Waals surface area contributed by atoms with E-state index in [0.29, 0.717) is 5.75 Å². The zero-order chi connectivity index (χ0) is 14.5. The average molecular weight is 335 g/mol. The molecule has 0 heterocycles. The molecule has 2 rings (SSSR count). The van der Waals surface area contributed by atoms with E-state index < -0.39 is 6.10 Å². The molecule has 20 heavy (non-hydrogen) atoms. The zero-order valence-corrected chi connectivity index (χ0v) is 12.6. The summed E-state index contributed by atoms with van der Waals surface area (Å²) in [5.41, 5.74) is 4.26. The van der Waals surface area contributed by atoms with Crippen LogP contribution < -0.4 is 16.0 Å². The summed E-state index contributed by atoms with van der Waals surface area (Å²) in [5, 5.41) is 0. The standard InChI is InChI=1S/C15H15BrN2O2/c1-10(15(19)18-17)20-14-8-4-12(5-9-14)11-2-6-13(16)7-3-11/h2-10H,17H2,1H3,(H,18,19). The predicted octanol–water partition coefficient (Wildman–Crippen LogP) is 2.87. The molecule has 0 radical (unpaired) electrons. The number of amides is 1. The average Bonchev–Trinajstić information content (AvgIpc) is 2.48. The molecule has 0 bridgehead atoms. The summed E-state index contributed by atoms with van der Waals surface area (Å²) in [7, 11) is 0. The smallest absolute Gasteiger partial charge is 0.274 e. The Morgan fingerprint density at radius 2 is 1.60 bits per heavy atom. The minimum Gasteiger partial charge on any atom is -0.481 e. The van der Waals surface area contributed by atoms with Gasteiger partial charge in [-0.15, -0.1) is 0 Å². The van der Waals surface area contributed by atoms with Gasteiger partial charge in [0.05, 0.1) is 0 Å². The van der Waals surface area contributed by atoms with Crippen LogP contribution in [0.5, 0.6) is 5.75 Å². The lowest BCUT2D eigenvalue weighted by Gasteiger charge is -2.13. The van der Waals surface area contributed by atoms with Crippen LogP contribution in [0.4, 0.5) is 0 Å². The molecule has 0 saturated heterocycles. The molecule has 2 aromatic rings. The number of hydrazine groups is 1. The molecule has 0 aliphatic heterocycles. The van der Waals surface area contributed by atoms with Crippen molar-refractivity contribution in [3.63, 3.8) is 0 Å². The van der Waals surface area contributed by atoms with Crippen molar-refractivity contribution >= 4 is 21.8 Å². The first-order chi connectivity index (χ1) is 9.60. The van der Waals surface area contributed by atoms with Crippen LogP contribution in [0.25, 0.3) is 11.1 Å². The fourth-order valence-corrected chi connectivity index (χ4v) is 2.01. The van der Waals surface area contributed by atoms with Gasteiger partial charge < -0.3 is 4.74 Å². The molecule has 104 valence electrons. The third-order valence-electron chi connectivity index (χ3n) is 2.86. The van der Waals surface area contributed by atoms with Crippen molar-refractivity contribution in [2.24, 2.45) is 5.84 Å². The van der Waals surface area contributed by atoms with Gasteiger partial charge >= 0.3 is 0 Å². The predicted molar refractivity (Wildman–Crippen MR) is 82.0 cm³/mol. The molecule has 1 amide bonds. The number of nitrogens with one attached hydrogen (secondary N) is 1. The number of rotatable bonds is 4. The summed E-state index contributed by atoms with van der Waals surface area (Å²) < 4.78 is 6.52. The van der Waals surface area contributed by atoms with Gasteiger partial charge in [-0.05, 0) is 42.3 Å². The van der Waals surface area contributed by atoms with E-state index in [1.807, 2.05) is 48.5 Å². The number of carbonyl (C=O) groups is 1. The summed E-state index contributed by atoms with van der Waals surface area (Å²) in [6.07, 6.45) is -0.626. The molecular formula is C15H15BrN2O2. The van der Waals surface area contributed by atoms with Crippen LogP contribution in [-0.2, 0) is 4.79 Å². The lowest BCUT2D eigenvalue weighted by molar-refractivity contribution is -0.127. The molecule has 3 N–H and O–H groups in total. The second-order valence-electron chi connectivity index (χ2n) is 4.30. The molecule has 1 unspecified atom stereocenters. The number of halogens is 1. The molecule has 0 saturated carbocycles. The van der Waals surface area contributed by atoms with E-state index in [2.05, 4.69) is 21.4 Å². The molecule has 0 aliphatic carbocycles. The normalized spacial score (nSPS) is 11.8. The Balaban J connectivity index is 2.10. The molecule has 0 spiro atoms. The Bertz CT molecular complexity index is 582. The number of hydrogen-bond acceptors (Lipinski definition) is 3. The van der Waals surface area contributed by atoms with Crippen molar-refractivity contribution < 1.29 is 9.53 Å². The second kappa shape index (κ2) is 6.54. The number of benzene rings is 2. The SMILES string of the molecule is CC(Oc1ccc(-c2ccc(Br)cc2)cc1)C(=O)NN. The molecular weight excluding hydrogens is 320 g/mol. The first-order valence-corrected chi connectivity index (χ1v) is 6.92. The molecule has 0 aromatic heterocycles. The van der Waals surface area contributed by atoms with Gasteiger partial charge in [0, 0.05) is 4.47 Å². The van der Waals surface area contributed by atoms with Crippen molar-refractivity contribution in [3.8, 4) is 16.9 Å². The molecule has 2 aromatic carbocycles. The van der Waals surface area contributed by atoms with Gasteiger partial charge in [0.15, 0.2) is 6.10 Å². The Hall–Kier alpha value is -1.85. The lowest BCUT2D eigenvalue weighted by Crippen LogP contribution is -2.40. The van der Waals surface area contributed by atoms with Gasteiger partial charge in [0.25, 0.3) is 5.91 Å². The monoisotopic (exact) mass is 334 g/mol. The van der Waals surface area contributed by atoms with Crippen molar-refractivity contribution in [1.29, 1.82) is 0 Å². The van der Waals surface area contributed by atoms with E-state index in [4.69, 9.17) is 10.6 Å². The minimum atomic E-state index is -0.626. The van der Waals surface area contributed by atoms with Gasteiger partial charge in [0.2, 0.25) is 0 Å². The highest BCUT2D eigenvalue weighted by Crippen LogP contribution is 2.24. The van der Waals surface area contributed by atoms with E-state index in [1.54, 1.807) is 6.92 Å². The Kier molecular flexibility index (Phi) is 4.76. The molecule has 5 heteroatoms. The van der Waals surface area contributed by atoms with E-state index >= 15 is 0 Å². The molecule has 4 nitrogen and oxygen atoms in total. The quantitative estimate of drug-likeness (QED) is 0.513. The van der Waals surface area contributed by atoms with E-state index in [1.165, 1.54) is 0 Å². The number of ether oxygens (including phenoxy) is 1. The Morgan fingerprint density at radius 1 is 1.10 bits per heavy atom. The van der Waals surface area contributed by atoms with Crippen LogP contribution in [0.3, 0.4) is 0 Å². The van der Waals surface area contributed by atoms with Gasteiger partial charge in [-0.25, -0.2) is 5.84 Å². The van der Waals surface area contributed by atoms with Gasteiger partial charge in [-0.1, -0.05) is 40.2 Å². The van der Waals surface area contributed by atoms with E-state index in [9.17, 15) is 4.79 Å². The first kappa shape index (κ1) is 14.6. The van der Waals surface area contributed by atoms with Crippen LogP contribution in [0.15, 0.2) is 53.0 Å². The van der Waals surface area contributed by atoms with E-state index in [0.717, 1.165) is 15.6 Å². The van der Waals surface area contributed by atoms with Crippen molar-refractivity contribution in [3.05, 3.63) is 53.0 Å². The van der Waals surface area contributed by atoms with Gasteiger partial charge in [-0.2, -0.15) is 0 Å². The first-order valence-electron chi connectivity index (χ1n) is 6.13. The zero-order valence-electron chi connectivity index (χ0n) is 11.0. The highest BCUT2D eigenvalue weighted by molar-refractivity contribution is 9.10. The number of carbonyl (C=O) groups excluding carboxylic acids is 1. The summed E-state index contributed by atoms with van der Waals surface area (Å²) >= 11 is 3.41. The van der Waals surface area contributed by atoms with Crippen LogP contribution in [-0.4, -0.2) is 12.0 Å². The van der Waals surface area contributed by atoms with Crippen LogP contribution in [0.2, 0.25) is 0 Å². The van der Waals surface area contributed by atoms with Crippen LogP contribution in [0.1, 0.15) is 6.92 Å². The molecule has 0 aliphatic rings. The van der Waals surface area contributed by atoms with Crippen molar-refractivity contribution in [1.82, 2.24) is 5.43 Å². The summed E-state index contributed by atoms with van der Waals surface area (Å²) in [6, 6.07) is 15.6. The second-order valence-corrected chi connectivity index (χ2v) is 5.22. The van der Waals surface area contributed by atoms with Crippen molar-refractivity contribution in [2.45, 2.75) is 13.0 Å². The van der Waals surface area contributed by atoms with Crippen LogP contribution in [0, 0.1) is 0 Å². The third kappa shape index (κ3) is 3.59. The van der Waals surface area contributed by atoms with Gasteiger partial charge in [0.1, 0.15) is 5.75 Å². The maximum Gasteiger partial charge on any atom is 0.274 e. The molecule has 1 atom stereocenters. The fourth-order valence-electron chi connectivity index (χ4n) is 1.74. The topological polar surface area (TPSA) is 64.3 Å². The van der Waals surface area contributed by atoms with E-state index in [-0.39, 0.29) is 5.91 Å². The van der Waals surface area contributed by atoms with Crippen molar-refractivity contribution in [2.75, 3.05) is 0 Å². The summed E-state index contributed by atoms with van der Waals surface area (Å²) in [5.74, 6) is 5.32. The number of nitrogens with two attached hydrogens (primary N) is 1. The lowest BCUT2D eigenvalue weighted by atomic mass is 10.1. The highest BCUT2D eigenvalue weighted by atomic mass is 79.9. The van der Waals surface area contributed by atoms with Gasteiger partial charge in [-0.3, -0.25) is 10.2 Å². The highest BCUT2D eigenvalue weighted by Gasteiger charge is 2.12. The third-order valence-corrected chi connectivity index (χ3v) is 3.38. The number of hydrogen-bond donors (Lipinski definition) is 2. The Morgan fingerprint density at radius 3 is 2.10 bits per heavy atom. The largest absolute Gasteiger partial charge is 0.481 e. The maximum atomic E-state index is 11.3. The summed E-state index contributed by atoms with van der Waals surface area (Å²) in [6.45, 7) is 1.64.